The average molecular weight is 353 g/mol. The summed E-state index contributed by atoms with van der Waals surface area (Å²) in [5.74, 6) is 1.61. The molecule has 0 fully saturated rings. The Kier molecular flexibility index (Phi) is 6.67. The van der Waals surface area contributed by atoms with E-state index in [1.807, 2.05) is 13.8 Å². The van der Waals surface area contributed by atoms with Gasteiger partial charge in [0.05, 0.1) is 13.1 Å². The Labute approximate surface area is 144 Å². The van der Waals surface area contributed by atoms with Crippen LogP contribution in [-0.4, -0.2) is 29.3 Å². The van der Waals surface area contributed by atoms with E-state index in [-0.39, 0.29) is 12.3 Å². The maximum atomic E-state index is 12.5. The van der Waals surface area contributed by atoms with Gasteiger partial charge >= 0.3 is 6.61 Å². The smallest absolute Gasteiger partial charge is 0.387 e. The fourth-order valence-corrected chi connectivity index (χ4v) is 2.12. The molecule has 2 aromatic rings. The number of aryl methyl sites for hydroxylation is 2. The molecular formula is C16H21F2N5O2. The van der Waals surface area contributed by atoms with Gasteiger partial charge in [-0.2, -0.15) is 13.8 Å². The zero-order valence-electron chi connectivity index (χ0n) is 14.3. The lowest BCUT2D eigenvalue weighted by molar-refractivity contribution is -0.0504. The molecule has 0 atom stereocenters. The Morgan fingerprint density at radius 2 is 2.12 bits per heavy atom. The fraction of sp³-hybridized carbons (Fsp3) is 0.438. The molecule has 0 unspecified atom stereocenters. The Morgan fingerprint density at radius 3 is 2.76 bits per heavy atom. The summed E-state index contributed by atoms with van der Waals surface area (Å²) in [6.07, 6.45) is 0. The molecule has 0 radical (unpaired) electrons. The number of nitrogens with zero attached hydrogens (tertiary/aromatic N) is 3. The molecule has 0 aliphatic rings. The third-order valence-electron chi connectivity index (χ3n) is 3.17. The van der Waals surface area contributed by atoms with Gasteiger partial charge in [-0.1, -0.05) is 22.9 Å². The van der Waals surface area contributed by atoms with Crippen LogP contribution in [0.5, 0.6) is 5.75 Å². The fourth-order valence-electron chi connectivity index (χ4n) is 2.12. The lowest BCUT2D eigenvalue weighted by Crippen LogP contribution is -2.37. The predicted molar refractivity (Wildman–Crippen MR) is 88.5 cm³/mol. The lowest BCUT2D eigenvalue weighted by atomic mass is 10.1. The molecule has 136 valence electrons. The van der Waals surface area contributed by atoms with E-state index in [2.05, 4.69) is 30.5 Å². The van der Waals surface area contributed by atoms with Gasteiger partial charge in [-0.15, -0.1) is 0 Å². The molecule has 0 aliphatic heterocycles. The van der Waals surface area contributed by atoms with Crippen LogP contribution in [0.25, 0.3) is 0 Å². The van der Waals surface area contributed by atoms with Gasteiger partial charge in [0, 0.05) is 19.0 Å². The van der Waals surface area contributed by atoms with Crippen molar-refractivity contribution in [3.8, 4) is 5.75 Å². The number of rotatable bonds is 7. The van der Waals surface area contributed by atoms with E-state index >= 15 is 0 Å². The van der Waals surface area contributed by atoms with Crippen molar-refractivity contribution in [2.45, 2.75) is 40.5 Å². The maximum absolute atomic E-state index is 12.5. The van der Waals surface area contributed by atoms with Crippen molar-refractivity contribution in [1.82, 2.24) is 20.8 Å². The van der Waals surface area contributed by atoms with Crippen LogP contribution in [0.2, 0.25) is 0 Å². The molecule has 1 aromatic heterocycles. The number of guanidine groups is 1. The normalized spacial score (nSPS) is 11.7. The highest BCUT2D eigenvalue weighted by atomic mass is 19.3. The van der Waals surface area contributed by atoms with E-state index in [1.54, 1.807) is 19.1 Å². The number of hydrogen-bond acceptors (Lipinski definition) is 5. The Bertz CT molecular complexity index is 718. The lowest BCUT2D eigenvalue weighted by Gasteiger charge is -2.12. The Hall–Kier alpha value is -2.71. The van der Waals surface area contributed by atoms with Crippen LogP contribution in [0, 0.1) is 13.8 Å². The number of benzene rings is 1. The van der Waals surface area contributed by atoms with E-state index < -0.39 is 6.61 Å². The Balaban J connectivity index is 2.08. The summed E-state index contributed by atoms with van der Waals surface area (Å²) < 4.78 is 34.5. The topological polar surface area (TPSA) is 84.6 Å². The van der Waals surface area contributed by atoms with Crippen molar-refractivity contribution in [3.63, 3.8) is 0 Å². The molecule has 1 heterocycles. The van der Waals surface area contributed by atoms with E-state index in [0.29, 0.717) is 36.3 Å². The molecule has 0 saturated heterocycles. The third kappa shape index (κ3) is 6.02. The highest BCUT2D eigenvalue weighted by Crippen LogP contribution is 2.22. The van der Waals surface area contributed by atoms with Gasteiger partial charge in [-0.3, -0.25) is 0 Å². The second kappa shape index (κ2) is 8.95. The first-order valence-electron chi connectivity index (χ1n) is 7.83. The molecule has 0 saturated carbocycles. The molecule has 1 aromatic carbocycles. The first kappa shape index (κ1) is 18.6. The molecule has 0 bridgehead atoms. The summed E-state index contributed by atoms with van der Waals surface area (Å²) in [4.78, 5) is 8.49. The molecule has 9 heteroatoms. The Morgan fingerprint density at radius 1 is 1.32 bits per heavy atom. The van der Waals surface area contributed by atoms with Gasteiger partial charge in [-0.25, -0.2) is 4.99 Å². The van der Waals surface area contributed by atoms with Gasteiger partial charge in [0.25, 0.3) is 0 Å². The van der Waals surface area contributed by atoms with E-state index in [0.717, 1.165) is 5.56 Å². The van der Waals surface area contributed by atoms with Crippen LogP contribution in [0.4, 0.5) is 8.78 Å². The molecule has 2 rings (SSSR count). The van der Waals surface area contributed by atoms with Crippen LogP contribution >= 0.6 is 0 Å². The van der Waals surface area contributed by atoms with Gasteiger partial charge in [0.1, 0.15) is 5.75 Å². The predicted octanol–water partition coefficient (Wildman–Crippen LogP) is 2.54. The third-order valence-corrected chi connectivity index (χ3v) is 3.17. The minimum atomic E-state index is -2.88. The SMILES string of the molecule is CCNC(=NCc1cc(C)ccc1OC(F)F)NCc1noc(C)n1. The van der Waals surface area contributed by atoms with Crippen molar-refractivity contribution >= 4 is 5.96 Å². The molecule has 0 aliphatic carbocycles. The number of nitrogens with one attached hydrogen (secondary N) is 2. The van der Waals surface area contributed by atoms with Crippen molar-refractivity contribution in [2.75, 3.05) is 6.54 Å². The number of halogens is 2. The summed E-state index contributed by atoms with van der Waals surface area (Å²) in [7, 11) is 0. The molecule has 25 heavy (non-hydrogen) atoms. The van der Waals surface area contributed by atoms with Crippen LogP contribution < -0.4 is 15.4 Å². The van der Waals surface area contributed by atoms with Crippen molar-refractivity contribution in [2.24, 2.45) is 4.99 Å². The van der Waals surface area contributed by atoms with Gasteiger partial charge in [0.15, 0.2) is 11.8 Å². The number of alkyl halides is 2. The van der Waals surface area contributed by atoms with E-state index in [9.17, 15) is 8.78 Å². The molecule has 7 nitrogen and oxygen atoms in total. The number of ether oxygens (including phenoxy) is 1. The number of aliphatic imine (C=N–C) groups is 1. The summed E-state index contributed by atoms with van der Waals surface area (Å²) in [5.41, 5.74) is 1.51. The first-order chi connectivity index (χ1) is 12.0. The second-order valence-corrected chi connectivity index (χ2v) is 5.27. The standard InChI is InChI=1S/C16H21F2N5O2/c1-4-19-16(21-9-14-22-11(3)25-23-14)20-8-12-7-10(2)5-6-13(12)24-15(17)18/h5-7,15H,4,8-9H2,1-3H3,(H2,19,20,21). The summed E-state index contributed by atoms with van der Waals surface area (Å²) in [6.45, 7) is 3.79. The monoisotopic (exact) mass is 353 g/mol. The summed E-state index contributed by atoms with van der Waals surface area (Å²) in [6, 6.07) is 5.01. The molecular weight excluding hydrogens is 332 g/mol. The number of hydrogen-bond donors (Lipinski definition) is 2. The van der Waals surface area contributed by atoms with E-state index in [4.69, 9.17) is 4.52 Å². The van der Waals surface area contributed by atoms with E-state index in [1.165, 1.54) is 6.07 Å². The minimum absolute atomic E-state index is 0.119. The van der Waals surface area contributed by atoms with Crippen LogP contribution in [-0.2, 0) is 13.1 Å². The molecule has 2 N–H and O–H groups in total. The van der Waals surface area contributed by atoms with Gasteiger partial charge in [-0.05, 0) is 19.9 Å². The van der Waals surface area contributed by atoms with Crippen LogP contribution in [0.3, 0.4) is 0 Å². The zero-order valence-corrected chi connectivity index (χ0v) is 14.3. The minimum Gasteiger partial charge on any atom is -0.434 e. The highest BCUT2D eigenvalue weighted by Gasteiger charge is 2.10. The van der Waals surface area contributed by atoms with Crippen LogP contribution in [0.15, 0.2) is 27.7 Å². The van der Waals surface area contributed by atoms with Crippen LogP contribution in [0.1, 0.15) is 29.8 Å². The summed E-state index contributed by atoms with van der Waals surface area (Å²) >= 11 is 0. The average Bonchev–Trinajstić information content (AvgIpc) is 2.97. The maximum Gasteiger partial charge on any atom is 0.387 e. The van der Waals surface area contributed by atoms with Crippen molar-refractivity contribution in [3.05, 3.63) is 41.0 Å². The first-order valence-corrected chi connectivity index (χ1v) is 7.83. The zero-order chi connectivity index (χ0) is 18.2. The van der Waals surface area contributed by atoms with Crippen molar-refractivity contribution < 1.29 is 18.0 Å². The summed E-state index contributed by atoms with van der Waals surface area (Å²) in [5, 5.41) is 9.92. The number of aromatic nitrogens is 2. The largest absolute Gasteiger partial charge is 0.434 e. The molecule has 0 amide bonds. The molecule has 0 spiro atoms. The highest BCUT2D eigenvalue weighted by molar-refractivity contribution is 5.79. The quantitative estimate of drug-likeness (QED) is 0.588. The second-order valence-electron chi connectivity index (χ2n) is 5.27. The van der Waals surface area contributed by atoms with Gasteiger partial charge < -0.3 is 19.9 Å². The van der Waals surface area contributed by atoms with Gasteiger partial charge in [0.2, 0.25) is 5.89 Å². The van der Waals surface area contributed by atoms with Crippen molar-refractivity contribution in [1.29, 1.82) is 0 Å².